The molecule has 2 aromatic rings. The first kappa shape index (κ1) is 14.8. The molecule has 2 aromatic heterocycles. The number of ether oxygens (including phenoxy) is 2. The molecule has 2 aliphatic rings. The summed E-state index contributed by atoms with van der Waals surface area (Å²) in [4.78, 5) is 15.7. The number of pyridine rings is 1. The van der Waals surface area contributed by atoms with Crippen LogP contribution in [0.15, 0.2) is 30.7 Å². The highest BCUT2D eigenvalue weighted by Gasteiger charge is 2.15. The van der Waals surface area contributed by atoms with E-state index < -0.39 is 0 Å². The van der Waals surface area contributed by atoms with Crippen LogP contribution in [0.25, 0.3) is 18.0 Å². The maximum Gasteiger partial charge on any atom is 0.311 e. The first-order valence-corrected chi connectivity index (χ1v) is 8.09. The van der Waals surface area contributed by atoms with Gasteiger partial charge >= 0.3 is 5.97 Å². The number of halogens is 1. The van der Waals surface area contributed by atoms with Gasteiger partial charge in [0.05, 0.1) is 30.0 Å². The highest BCUT2D eigenvalue weighted by molar-refractivity contribution is 7.08. The number of fused-ring (bicyclic) bond motifs is 4. The van der Waals surface area contributed by atoms with E-state index in [0.717, 1.165) is 20.4 Å². The van der Waals surface area contributed by atoms with Gasteiger partial charge in [-0.3, -0.25) is 9.78 Å². The molecule has 120 valence electrons. The van der Waals surface area contributed by atoms with Gasteiger partial charge in [0.25, 0.3) is 0 Å². The third kappa shape index (κ3) is 2.35. The molecule has 4 nitrogen and oxygen atoms in total. The molecule has 0 radical (unpaired) electrons. The van der Waals surface area contributed by atoms with Crippen LogP contribution in [0.1, 0.15) is 11.3 Å². The van der Waals surface area contributed by atoms with E-state index in [1.165, 1.54) is 30.7 Å². The summed E-state index contributed by atoms with van der Waals surface area (Å²) in [6.07, 6.45) is 10.0. The third-order valence-corrected chi connectivity index (χ3v) is 5.03. The molecule has 1 aliphatic heterocycles. The van der Waals surface area contributed by atoms with Crippen LogP contribution in [0.2, 0.25) is 0 Å². The van der Waals surface area contributed by atoms with Crippen LogP contribution in [0.4, 0.5) is 4.39 Å². The van der Waals surface area contributed by atoms with Gasteiger partial charge in [0.15, 0.2) is 5.75 Å². The van der Waals surface area contributed by atoms with Gasteiger partial charge in [-0.05, 0) is 30.4 Å². The third-order valence-electron chi connectivity index (χ3n) is 3.85. The van der Waals surface area contributed by atoms with Crippen molar-refractivity contribution in [1.82, 2.24) is 4.98 Å². The number of methoxy groups -OCH3 is 1. The zero-order valence-corrected chi connectivity index (χ0v) is 13.5. The minimum atomic E-state index is -0.384. The molecule has 0 spiro atoms. The second kappa shape index (κ2) is 5.72. The summed E-state index contributed by atoms with van der Waals surface area (Å²) in [6, 6.07) is 1.74. The van der Waals surface area contributed by atoms with Crippen molar-refractivity contribution in [3.63, 3.8) is 0 Å². The Morgan fingerprint density at radius 3 is 3.08 bits per heavy atom. The smallest absolute Gasteiger partial charge is 0.311 e. The maximum atomic E-state index is 14.4. The Balaban J connectivity index is 2.09. The van der Waals surface area contributed by atoms with Crippen LogP contribution < -0.4 is 14.5 Å². The lowest BCUT2D eigenvalue weighted by Crippen LogP contribution is -2.12. The summed E-state index contributed by atoms with van der Waals surface area (Å²) in [6.45, 7) is 0. The minimum Gasteiger partial charge on any atom is -0.469 e. The Kier molecular flexibility index (Phi) is 3.54. The summed E-state index contributed by atoms with van der Waals surface area (Å²) in [5.74, 6) is -0.0273. The largest absolute Gasteiger partial charge is 0.469 e. The molecule has 4 rings (SSSR count). The zero-order chi connectivity index (χ0) is 16.7. The van der Waals surface area contributed by atoms with Crippen molar-refractivity contribution in [3.05, 3.63) is 61.4 Å². The summed E-state index contributed by atoms with van der Waals surface area (Å²) in [7, 11) is 1.33. The number of carbonyl (C=O) groups is 1. The van der Waals surface area contributed by atoms with Gasteiger partial charge < -0.3 is 9.47 Å². The van der Waals surface area contributed by atoms with Crippen molar-refractivity contribution in [2.24, 2.45) is 0 Å². The highest BCUT2D eigenvalue weighted by Crippen LogP contribution is 2.26. The highest BCUT2D eigenvalue weighted by atomic mass is 32.1. The van der Waals surface area contributed by atoms with E-state index in [0.29, 0.717) is 16.1 Å². The molecule has 3 heterocycles. The number of rotatable bonds is 2. The van der Waals surface area contributed by atoms with E-state index in [-0.39, 0.29) is 18.2 Å². The number of hydrogen-bond acceptors (Lipinski definition) is 5. The van der Waals surface area contributed by atoms with Gasteiger partial charge in [-0.25, -0.2) is 4.39 Å². The fourth-order valence-electron chi connectivity index (χ4n) is 2.70. The van der Waals surface area contributed by atoms with Crippen LogP contribution >= 0.6 is 11.3 Å². The van der Waals surface area contributed by atoms with Gasteiger partial charge in [-0.15, -0.1) is 11.3 Å². The van der Waals surface area contributed by atoms with Crippen molar-refractivity contribution < 1.29 is 18.7 Å². The van der Waals surface area contributed by atoms with Crippen LogP contribution in [-0.4, -0.2) is 18.1 Å². The predicted molar refractivity (Wildman–Crippen MR) is 89.0 cm³/mol. The van der Waals surface area contributed by atoms with Gasteiger partial charge in [-0.1, -0.05) is 0 Å². The second-order valence-electron chi connectivity index (χ2n) is 5.31. The molecule has 0 bridgehead atoms. The number of thiophene rings is 1. The summed E-state index contributed by atoms with van der Waals surface area (Å²) < 4.78 is 26.6. The molecule has 0 saturated carbocycles. The average Bonchev–Trinajstić information content (AvgIpc) is 2.91. The normalized spacial score (nSPS) is 14.0. The molecular formula is C18H12FNO3S. The average molecular weight is 341 g/mol. The Labute approximate surface area is 140 Å². The molecule has 0 saturated heterocycles. The van der Waals surface area contributed by atoms with Crippen molar-refractivity contribution >= 4 is 35.3 Å². The molecule has 0 N–H and O–H groups in total. The number of aromatic nitrogens is 1. The lowest BCUT2D eigenvalue weighted by Gasteiger charge is -2.01. The zero-order valence-electron chi connectivity index (χ0n) is 12.7. The van der Waals surface area contributed by atoms with E-state index in [9.17, 15) is 9.18 Å². The SMILES string of the molecule is COC(=O)Cc1cc2c(cn1)=C(F)C=Cc1c3c(sc1=2)=CC=CO3. The first-order valence-electron chi connectivity index (χ1n) is 7.27. The summed E-state index contributed by atoms with van der Waals surface area (Å²) in [5.41, 5.74) is 1.37. The number of carbonyl (C=O) groups excluding carboxylic acids is 1. The van der Waals surface area contributed by atoms with Gasteiger partial charge in [-0.2, -0.15) is 0 Å². The second-order valence-corrected chi connectivity index (χ2v) is 6.36. The Morgan fingerprint density at radius 2 is 2.25 bits per heavy atom. The Bertz CT molecular complexity index is 1130. The van der Waals surface area contributed by atoms with Gasteiger partial charge in [0.1, 0.15) is 5.83 Å². The molecule has 0 fully saturated rings. The van der Waals surface area contributed by atoms with Gasteiger partial charge in [0.2, 0.25) is 0 Å². The molecular weight excluding hydrogens is 329 g/mol. The van der Waals surface area contributed by atoms with Crippen LogP contribution in [0.5, 0.6) is 5.75 Å². The van der Waals surface area contributed by atoms with Crippen molar-refractivity contribution in [3.8, 4) is 5.75 Å². The number of allylic oxidation sites excluding steroid dienone is 2. The lowest BCUT2D eigenvalue weighted by molar-refractivity contribution is -0.139. The van der Waals surface area contributed by atoms with Crippen LogP contribution in [0, 0.1) is 9.75 Å². The van der Waals surface area contributed by atoms with Crippen molar-refractivity contribution in [2.45, 2.75) is 6.42 Å². The van der Waals surface area contributed by atoms with Crippen LogP contribution in [0.3, 0.4) is 0 Å². The Morgan fingerprint density at radius 1 is 1.38 bits per heavy atom. The lowest BCUT2D eigenvalue weighted by atomic mass is 10.2. The molecule has 24 heavy (non-hydrogen) atoms. The van der Waals surface area contributed by atoms with Crippen molar-refractivity contribution in [2.75, 3.05) is 7.11 Å². The molecule has 0 atom stereocenters. The first-order chi connectivity index (χ1) is 11.7. The summed E-state index contributed by atoms with van der Waals surface area (Å²) in [5, 5.41) is 1.11. The predicted octanol–water partition coefficient (Wildman–Crippen LogP) is 1.94. The summed E-state index contributed by atoms with van der Waals surface area (Å²) >= 11 is 1.52. The fraction of sp³-hybridized carbons (Fsp3) is 0.111. The number of esters is 1. The topological polar surface area (TPSA) is 48.4 Å². The standard InChI is InChI=1S/C18H12FNO3S/c1-22-16(21)8-10-7-12-13(9-20-10)14(19)5-4-11-17-15(24-18(11)12)3-2-6-23-17/h2-7,9H,8H2,1H3. The fourth-order valence-corrected chi connectivity index (χ4v) is 3.87. The molecule has 0 unspecified atom stereocenters. The molecule has 1 aliphatic carbocycles. The monoisotopic (exact) mass is 341 g/mol. The van der Waals surface area contributed by atoms with E-state index in [4.69, 9.17) is 4.74 Å². The van der Waals surface area contributed by atoms with Gasteiger partial charge in [0, 0.05) is 26.7 Å². The molecule has 0 amide bonds. The van der Waals surface area contributed by atoms with E-state index in [1.54, 1.807) is 18.4 Å². The molecule has 6 heteroatoms. The Hall–Kier alpha value is -2.73. The maximum absolute atomic E-state index is 14.4. The van der Waals surface area contributed by atoms with E-state index in [2.05, 4.69) is 9.72 Å². The van der Waals surface area contributed by atoms with E-state index >= 15 is 0 Å². The van der Waals surface area contributed by atoms with Crippen molar-refractivity contribution in [1.29, 1.82) is 0 Å². The number of hydrogen-bond donors (Lipinski definition) is 0. The number of nitrogens with zero attached hydrogens (tertiary/aromatic N) is 1. The van der Waals surface area contributed by atoms with E-state index in [1.807, 2.05) is 12.2 Å². The minimum absolute atomic E-state index is 0.0451. The molecule has 0 aromatic carbocycles. The quantitative estimate of drug-likeness (QED) is 0.784. The van der Waals surface area contributed by atoms with Crippen LogP contribution in [-0.2, 0) is 16.0 Å².